The van der Waals surface area contributed by atoms with E-state index in [1.165, 1.54) is 6.07 Å². The third kappa shape index (κ3) is 1.85. The SMILES string of the molecule is [2H]C([2H])(N)C([2H])([2H])c1ccc(O)c(O)c1. The van der Waals surface area contributed by atoms with E-state index < -0.39 is 24.4 Å². The molecular formula is C8H11NO2. The molecule has 0 saturated carbocycles. The van der Waals surface area contributed by atoms with Crippen LogP contribution in [-0.2, 0) is 6.37 Å². The molecule has 0 aliphatic carbocycles. The Bertz CT molecular complexity index is 375. The summed E-state index contributed by atoms with van der Waals surface area (Å²) in [6.07, 6.45) is -2.45. The minimum atomic E-state index is -2.57. The normalized spacial score (nSPS) is 17.9. The molecule has 0 aliphatic heterocycles. The van der Waals surface area contributed by atoms with Crippen LogP contribution in [0, 0.1) is 0 Å². The molecule has 1 aromatic carbocycles. The van der Waals surface area contributed by atoms with E-state index in [2.05, 4.69) is 0 Å². The number of hydrogen-bond donors (Lipinski definition) is 3. The number of nitrogens with two attached hydrogens (primary N) is 1. The Morgan fingerprint density at radius 3 is 2.64 bits per heavy atom. The molecule has 0 amide bonds. The monoisotopic (exact) mass is 157 g/mol. The minimum absolute atomic E-state index is 0.134. The number of hydrogen-bond acceptors (Lipinski definition) is 3. The third-order valence-electron chi connectivity index (χ3n) is 1.19. The summed E-state index contributed by atoms with van der Waals surface area (Å²) in [6.45, 7) is -2.57. The summed E-state index contributed by atoms with van der Waals surface area (Å²) < 4.78 is 29.2. The Hall–Kier alpha value is -1.22. The van der Waals surface area contributed by atoms with Gasteiger partial charge in [0.2, 0.25) is 0 Å². The molecule has 0 radical (unpaired) electrons. The summed E-state index contributed by atoms with van der Waals surface area (Å²) >= 11 is 0. The van der Waals surface area contributed by atoms with Crippen LogP contribution < -0.4 is 5.73 Å². The van der Waals surface area contributed by atoms with Crippen LogP contribution in [0.2, 0.25) is 0 Å². The van der Waals surface area contributed by atoms with Gasteiger partial charge in [-0.2, -0.15) is 0 Å². The van der Waals surface area contributed by atoms with Crippen molar-refractivity contribution in [1.82, 2.24) is 0 Å². The minimum Gasteiger partial charge on any atom is -0.504 e. The molecule has 0 saturated heterocycles. The van der Waals surface area contributed by atoms with Crippen LogP contribution in [0.5, 0.6) is 11.5 Å². The average Bonchev–Trinajstić information content (AvgIpc) is 2.07. The van der Waals surface area contributed by atoms with E-state index in [-0.39, 0.29) is 5.56 Å². The Labute approximate surface area is 70.7 Å². The van der Waals surface area contributed by atoms with Gasteiger partial charge in [-0.3, -0.25) is 0 Å². The van der Waals surface area contributed by atoms with Crippen LogP contribution in [-0.4, -0.2) is 16.7 Å². The van der Waals surface area contributed by atoms with E-state index in [0.29, 0.717) is 0 Å². The maximum Gasteiger partial charge on any atom is 0.157 e. The molecular weight excluding hydrogens is 142 g/mol. The van der Waals surface area contributed by atoms with Gasteiger partial charge in [-0.05, 0) is 30.6 Å². The van der Waals surface area contributed by atoms with Crippen molar-refractivity contribution in [2.24, 2.45) is 5.73 Å². The highest BCUT2D eigenvalue weighted by atomic mass is 16.3. The summed E-state index contributed by atoms with van der Waals surface area (Å²) in [5, 5.41) is 18.2. The summed E-state index contributed by atoms with van der Waals surface area (Å²) in [6, 6.07) is 3.19. The fraction of sp³-hybridized carbons (Fsp3) is 0.250. The van der Waals surface area contributed by atoms with Crippen molar-refractivity contribution in [3.05, 3.63) is 23.8 Å². The first-order chi connectivity index (χ1) is 6.66. The molecule has 4 N–H and O–H groups in total. The average molecular weight is 157 g/mol. The molecule has 0 aliphatic rings. The van der Waals surface area contributed by atoms with Gasteiger partial charge in [0, 0.05) is 5.48 Å². The molecule has 0 atom stereocenters. The second-order valence-electron chi connectivity index (χ2n) is 1.97. The summed E-state index contributed by atoms with van der Waals surface area (Å²) in [5.41, 5.74) is 4.91. The molecule has 11 heavy (non-hydrogen) atoms. The molecule has 0 unspecified atom stereocenters. The van der Waals surface area contributed by atoms with Gasteiger partial charge in [0.05, 0.1) is 0 Å². The zero-order valence-corrected chi connectivity index (χ0v) is 5.70. The first-order valence-corrected chi connectivity index (χ1v) is 2.97. The van der Waals surface area contributed by atoms with Gasteiger partial charge in [0.15, 0.2) is 11.5 Å². The molecule has 0 heterocycles. The number of rotatable bonds is 2. The lowest BCUT2D eigenvalue weighted by Gasteiger charge is -2.00. The first kappa shape index (κ1) is 3.97. The van der Waals surface area contributed by atoms with Gasteiger partial charge in [0.25, 0.3) is 0 Å². The molecule has 1 rings (SSSR count). The Balaban J connectivity index is 3.22. The van der Waals surface area contributed by atoms with E-state index in [4.69, 9.17) is 21.4 Å². The van der Waals surface area contributed by atoms with Crippen molar-refractivity contribution < 1.29 is 15.7 Å². The Morgan fingerprint density at radius 2 is 2.09 bits per heavy atom. The van der Waals surface area contributed by atoms with Crippen LogP contribution in [0.15, 0.2) is 18.2 Å². The number of aryl methyl sites for hydroxylation is 1. The highest BCUT2D eigenvalue weighted by molar-refractivity contribution is 5.40. The topological polar surface area (TPSA) is 66.5 Å². The predicted octanol–water partition coefficient (Wildman–Crippen LogP) is 0.599. The second-order valence-corrected chi connectivity index (χ2v) is 1.97. The Kier molecular flexibility index (Phi) is 1.17. The predicted molar refractivity (Wildman–Crippen MR) is 42.5 cm³/mol. The van der Waals surface area contributed by atoms with E-state index in [1.54, 1.807) is 0 Å². The Morgan fingerprint density at radius 1 is 1.36 bits per heavy atom. The van der Waals surface area contributed by atoms with Crippen molar-refractivity contribution in [3.8, 4) is 11.5 Å². The van der Waals surface area contributed by atoms with Gasteiger partial charge >= 0.3 is 0 Å². The maximum atomic E-state index is 9.15. The van der Waals surface area contributed by atoms with Crippen molar-refractivity contribution >= 4 is 0 Å². The van der Waals surface area contributed by atoms with Crippen LogP contribution in [0.3, 0.4) is 0 Å². The van der Waals surface area contributed by atoms with Crippen molar-refractivity contribution in [2.75, 3.05) is 6.50 Å². The van der Waals surface area contributed by atoms with Gasteiger partial charge in [-0.15, -0.1) is 0 Å². The summed E-state index contributed by atoms with van der Waals surface area (Å²) in [7, 11) is 0. The maximum absolute atomic E-state index is 9.15. The first-order valence-electron chi connectivity index (χ1n) is 4.97. The fourth-order valence-electron chi connectivity index (χ4n) is 0.685. The third-order valence-corrected chi connectivity index (χ3v) is 1.19. The largest absolute Gasteiger partial charge is 0.504 e. The number of aromatic hydroxyl groups is 2. The standard InChI is InChI=1S/C8H11NO2/c9-4-3-6-1-2-7(10)8(11)5-6/h1-2,5,10-11H,3-4,9H2/i3D2,4D2. The van der Waals surface area contributed by atoms with Gasteiger partial charge in [0.1, 0.15) is 0 Å². The van der Waals surface area contributed by atoms with Crippen LogP contribution in [0.4, 0.5) is 0 Å². The number of phenols is 2. The van der Waals surface area contributed by atoms with Crippen LogP contribution >= 0.6 is 0 Å². The molecule has 3 nitrogen and oxygen atoms in total. The molecule has 0 spiro atoms. The zero-order chi connectivity index (χ0) is 11.9. The van der Waals surface area contributed by atoms with Gasteiger partial charge in [-0.25, -0.2) is 0 Å². The van der Waals surface area contributed by atoms with E-state index in [0.717, 1.165) is 12.1 Å². The zero-order valence-electron chi connectivity index (χ0n) is 9.70. The lowest BCUT2D eigenvalue weighted by Crippen LogP contribution is -2.02. The fourth-order valence-corrected chi connectivity index (χ4v) is 0.685. The van der Waals surface area contributed by atoms with Gasteiger partial charge in [-0.1, -0.05) is 6.07 Å². The van der Waals surface area contributed by atoms with E-state index >= 15 is 0 Å². The lowest BCUT2D eigenvalue weighted by molar-refractivity contribution is 0.403. The van der Waals surface area contributed by atoms with Crippen LogP contribution in [0.25, 0.3) is 0 Å². The second kappa shape index (κ2) is 3.25. The highest BCUT2D eigenvalue weighted by Crippen LogP contribution is 2.24. The van der Waals surface area contributed by atoms with E-state index in [9.17, 15) is 0 Å². The quantitative estimate of drug-likeness (QED) is 0.551. The van der Waals surface area contributed by atoms with Crippen LogP contribution in [0.1, 0.15) is 11.0 Å². The van der Waals surface area contributed by atoms with E-state index in [1.807, 2.05) is 0 Å². The highest BCUT2D eigenvalue weighted by Gasteiger charge is 1.98. The van der Waals surface area contributed by atoms with Crippen molar-refractivity contribution in [2.45, 2.75) is 6.37 Å². The number of phenolic OH excluding ortho intramolecular Hbond substituents is 2. The molecule has 1 aromatic rings. The molecule has 0 bridgehead atoms. The summed E-state index contributed by atoms with van der Waals surface area (Å²) in [5.74, 6) is -0.909. The van der Waals surface area contributed by atoms with Crippen molar-refractivity contribution in [1.29, 1.82) is 0 Å². The number of benzene rings is 1. The summed E-state index contributed by atoms with van der Waals surface area (Å²) in [4.78, 5) is 0. The molecule has 0 fully saturated rings. The molecule has 3 heteroatoms. The smallest absolute Gasteiger partial charge is 0.157 e. The van der Waals surface area contributed by atoms with Crippen molar-refractivity contribution in [3.63, 3.8) is 0 Å². The van der Waals surface area contributed by atoms with Gasteiger partial charge < -0.3 is 15.9 Å². The molecule has 60 valence electrons. The molecule has 0 aromatic heterocycles. The lowest BCUT2D eigenvalue weighted by atomic mass is 10.1.